The molecule has 118 valence electrons. The Morgan fingerprint density at radius 2 is 1.59 bits per heavy atom. The van der Waals surface area contributed by atoms with Crippen molar-refractivity contribution in [3.05, 3.63) is 33.8 Å². The van der Waals surface area contributed by atoms with E-state index in [-0.39, 0.29) is 17.9 Å². The molecule has 0 unspecified atom stereocenters. The van der Waals surface area contributed by atoms with Gasteiger partial charge < -0.3 is 9.80 Å². The molecule has 22 heavy (non-hydrogen) atoms. The first-order chi connectivity index (χ1) is 10.6. The van der Waals surface area contributed by atoms with Crippen LogP contribution in [0.5, 0.6) is 0 Å². The lowest BCUT2D eigenvalue weighted by Gasteiger charge is -2.28. The van der Waals surface area contributed by atoms with E-state index in [1.807, 2.05) is 4.90 Å². The molecule has 0 saturated carbocycles. The molecule has 3 rings (SSSR count). The fraction of sp³-hybridized carbons (Fsp3) is 0.500. The Balaban J connectivity index is 1.79. The molecule has 6 heteroatoms. The molecule has 0 aliphatic carbocycles. The van der Waals surface area contributed by atoms with Crippen LogP contribution in [0.2, 0.25) is 10.0 Å². The molecule has 2 amide bonds. The number of carbonyl (C=O) groups is 2. The van der Waals surface area contributed by atoms with Gasteiger partial charge in [-0.05, 0) is 43.9 Å². The SMILES string of the molecule is O=C([C@@H]1CCCN1C(=O)c1cc(Cl)cc(Cl)c1)N1CCCC1. The number of nitrogens with zero attached hydrogens (tertiary/aromatic N) is 2. The molecular formula is C16H18Cl2N2O2. The van der Waals surface area contributed by atoms with Gasteiger partial charge in [-0.15, -0.1) is 0 Å². The van der Waals surface area contributed by atoms with Gasteiger partial charge in [0, 0.05) is 35.2 Å². The maximum atomic E-state index is 12.7. The van der Waals surface area contributed by atoms with Crippen LogP contribution in [0.25, 0.3) is 0 Å². The molecule has 2 heterocycles. The Morgan fingerprint density at radius 1 is 0.955 bits per heavy atom. The van der Waals surface area contributed by atoms with Crippen LogP contribution in [0.1, 0.15) is 36.0 Å². The highest BCUT2D eigenvalue weighted by Gasteiger charge is 2.37. The third-order valence-corrected chi connectivity index (χ3v) is 4.76. The van der Waals surface area contributed by atoms with Crippen LogP contribution in [-0.4, -0.2) is 47.3 Å². The number of carbonyl (C=O) groups excluding carboxylic acids is 2. The van der Waals surface area contributed by atoms with Crippen molar-refractivity contribution in [3.63, 3.8) is 0 Å². The second kappa shape index (κ2) is 6.47. The predicted molar refractivity (Wildman–Crippen MR) is 86.3 cm³/mol. The van der Waals surface area contributed by atoms with Crippen LogP contribution >= 0.6 is 23.2 Å². The van der Waals surface area contributed by atoms with Crippen molar-refractivity contribution in [1.82, 2.24) is 9.80 Å². The summed E-state index contributed by atoms with van der Waals surface area (Å²) in [7, 11) is 0. The highest BCUT2D eigenvalue weighted by Crippen LogP contribution is 2.26. The van der Waals surface area contributed by atoms with Gasteiger partial charge in [0.1, 0.15) is 6.04 Å². The summed E-state index contributed by atoms with van der Waals surface area (Å²) in [5.41, 5.74) is 0.443. The average molecular weight is 341 g/mol. The van der Waals surface area contributed by atoms with Crippen molar-refractivity contribution in [3.8, 4) is 0 Å². The predicted octanol–water partition coefficient (Wildman–Crippen LogP) is 3.22. The molecule has 0 spiro atoms. The fourth-order valence-electron chi connectivity index (χ4n) is 3.26. The van der Waals surface area contributed by atoms with Gasteiger partial charge in [0.05, 0.1) is 0 Å². The van der Waals surface area contributed by atoms with Gasteiger partial charge in [-0.2, -0.15) is 0 Å². The van der Waals surface area contributed by atoms with Crippen LogP contribution in [0.4, 0.5) is 0 Å². The van der Waals surface area contributed by atoms with E-state index in [1.165, 1.54) is 0 Å². The van der Waals surface area contributed by atoms with Gasteiger partial charge in [-0.25, -0.2) is 0 Å². The first-order valence-corrected chi connectivity index (χ1v) is 8.38. The summed E-state index contributed by atoms with van der Waals surface area (Å²) in [5, 5.41) is 0.856. The monoisotopic (exact) mass is 340 g/mol. The quantitative estimate of drug-likeness (QED) is 0.829. The van der Waals surface area contributed by atoms with Gasteiger partial charge in [-0.3, -0.25) is 9.59 Å². The number of benzene rings is 1. The molecule has 2 fully saturated rings. The van der Waals surface area contributed by atoms with Crippen LogP contribution in [0.3, 0.4) is 0 Å². The minimum Gasteiger partial charge on any atom is -0.341 e. The maximum Gasteiger partial charge on any atom is 0.254 e. The lowest BCUT2D eigenvalue weighted by molar-refractivity contribution is -0.134. The summed E-state index contributed by atoms with van der Waals surface area (Å²) < 4.78 is 0. The van der Waals surface area contributed by atoms with Crippen molar-refractivity contribution in [1.29, 1.82) is 0 Å². The Bertz CT molecular complexity index is 580. The molecule has 1 aromatic rings. The number of rotatable bonds is 2. The lowest BCUT2D eigenvalue weighted by Crippen LogP contribution is -2.46. The number of amides is 2. The highest BCUT2D eigenvalue weighted by atomic mass is 35.5. The normalized spacial score (nSPS) is 21.5. The third kappa shape index (κ3) is 3.08. The van der Waals surface area contributed by atoms with Crippen LogP contribution in [-0.2, 0) is 4.79 Å². The standard InChI is InChI=1S/C16H18Cl2N2O2/c17-12-8-11(9-13(18)10-12)15(21)20-7-3-4-14(20)16(22)19-5-1-2-6-19/h8-10,14H,1-7H2/t14-/m0/s1. The molecule has 1 aromatic carbocycles. The third-order valence-electron chi connectivity index (χ3n) is 4.33. The molecular weight excluding hydrogens is 323 g/mol. The van der Waals surface area contributed by atoms with E-state index in [4.69, 9.17) is 23.2 Å². The second-order valence-corrected chi connectivity index (χ2v) is 6.72. The van der Waals surface area contributed by atoms with Gasteiger partial charge in [0.25, 0.3) is 5.91 Å². The molecule has 0 aromatic heterocycles. The summed E-state index contributed by atoms with van der Waals surface area (Å²) >= 11 is 11.9. The lowest BCUT2D eigenvalue weighted by atomic mass is 10.1. The second-order valence-electron chi connectivity index (χ2n) is 5.85. The minimum atomic E-state index is -0.344. The molecule has 2 saturated heterocycles. The van der Waals surface area contributed by atoms with Gasteiger partial charge >= 0.3 is 0 Å². The summed E-state index contributed by atoms with van der Waals surface area (Å²) in [6.07, 6.45) is 3.69. The van der Waals surface area contributed by atoms with Crippen molar-refractivity contribution in [2.75, 3.05) is 19.6 Å². The van der Waals surface area contributed by atoms with Gasteiger partial charge in [0.15, 0.2) is 0 Å². The number of halogens is 2. The zero-order chi connectivity index (χ0) is 15.7. The Hall–Kier alpha value is -1.26. The fourth-order valence-corrected chi connectivity index (χ4v) is 3.78. The number of hydrogen-bond donors (Lipinski definition) is 0. The topological polar surface area (TPSA) is 40.6 Å². The van der Waals surface area contributed by atoms with Crippen LogP contribution in [0, 0.1) is 0 Å². The molecule has 1 atom stereocenters. The van der Waals surface area contributed by atoms with Gasteiger partial charge in [-0.1, -0.05) is 23.2 Å². The molecule has 2 aliphatic heterocycles. The highest BCUT2D eigenvalue weighted by molar-refractivity contribution is 6.35. The average Bonchev–Trinajstić information content (AvgIpc) is 3.16. The van der Waals surface area contributed by atoms with Crippen molar-refractivity contribution in [2.45, 2.75) is 31.7 Å². The van der Waals surface area contributed by atoms with Crippen LogP contribution in [0.15, 0.2) is 18.2 Å². The summed E-state index contributed by atoms with van der Waals surface area (Å²) in [5.74, 6) is -0.0871. The van der Waals surface area contributed by atoms with Crippen molar-refractivity contribution < 1.29 is 9.59 Å². The first kappa shape index (κ1) is 15.6. The molecule has 0 radical (unpaired) electrons. The molecule has 2 aliphatic rings. The number of hydrogen-bond acceptors (Lipinski definition) is 2. The van der Waals surface area contributed by atoms with E-state index in [1.54, 1.807) is 23.1 Å². The van der Waals surface area contributed by atoms with Crippen LogP contribution < -0.4 is 0 Å². The van der Waals surface area contributed by atoms with E-state index in [9.17, 15) is 9.59 Å². The molecule has 4 nitrogen and oxygen atoms in total. The Labute approximate surface area is 140 Å². The van der Waals surface area contributed by atoms with E-state index in [0.717, 1.165) is 38.8 Å². The number of likely N-dealkylation sites (tertiary alicyclic amines) is 2. The Kier molecular flexibility index (Phi) is 4.59. The minimum absolute atomic E-state index is 0.0801. The summed E-state index contributed by atoms with van der Waals surface area (Å²) in [6.45, 7) is 2.22. The van der Waals surface area contributed by atoms with E-state index < -0.39 is 0 Å². The molecule has 0 bridgehead atoms. The zero-order valence-corrected chi connectivity index (χ0v) is 13.7. The largest absolute Gasteiger partial charge is 0.341 e. The smallest absolute Gasteiger partial charge is 0.254 e. The van der Waals surface area contributed by atoms with Crippen molar-refractivity contribution >= 4 is 35.0 Å². The summed E-state index contributed by atoms with van der Waals surface area (Å²) in [6, 6.07) is 4.46. The molecule has 0 N–H and O–H groups in total. The van der Waals surface area contributed by atoms with E-state index in [0.29, 0.717) is 22.2 Å². The van der Waals surface area contributed by atoms with E-state index >= 15 is 0 Å². The van der Waals surface area contributed by atoms with Gasteiger partial charge in [0.2, 0.25) is 5.91 Å². The Morgan fingerprint density at radius 3 is 2.23 bits per heavy atom. The first-order valence-electron chi connectivity index (χ1n) is 7.62. The van der Waals surface area contributed by atoms with E-state index in [2.05, 4.69) is 0 Å². The summed E-state index contributed by atoms with van der Waals surface area (Å²) in [4.78, 5) is 28.9. The zero-order valence-electron chi connectivity index (χ0n) is 12.2. The maximum absolute atomic E-state index is 12.7. The van der Waals surface area contributed by atoms with Crippen molar-refractivity contribution in [2.24, 2.45) is 0 Å².